The number of ether oxygens (including phenoxy) is 1. The molecule has 1 aromatic carbocycles. The molecule has 3 heteroatoms. The van der Waals surface area contributed by atoms with Gasteiger partial charge >= 0.3 is 5.63 Å². The van der Waals surface area contributed by atoms with Gasteiger partial charge in [-0.3, -0.25) is 0 Å². The molecule has 1 aromatic heterocycles. The van der Waals surface area contributed by atoms with Crippen LogP contribution >= 0.6 is 0 Å². The molecule has 2 rings (SSSR count). The molecule has 0 spiro atoms. The Morgan fingerprint density at radius 2 is 2.24 bits per heavy atom. The van der Waals surface area contributed by atoms with Crippen LogP contribution in [-0.2, 0) is 0 Å². The molecule has 1 heterocycles. The second-order valence-corrected chi connectivity index (χ2v) is 3.95. The van der Waals surface area contributed by atoms with Crippen LogP contribution < -0.4 is 10.4 Å². The number of fused-ring (bicyclic) bond motifs is 1. The molecule has 17 heavy (non-hydrogen) atoms. The average molecular weight is 230 g/mol. The highest BCUT2D eigenvalue weighted by molar-refractivity contribution is 5.82. The van der Waals surface area contributed by atoms with Crippen molar-refractivity contribution in [1.82, 2.24) is 0 Å². The summed E-state index contributed by atoms with van der Waals surface area (Å²) in [6.07, 6.45) is 1.81. The van der Waals surface area contributed by atoms with Gasteiger partial charge in [-0.2, -0.15) is 0 Å². The maximum absolute atomic E-state index is 11.4. The van der Waals surface area contributed by atoms with Gasteiger partial charge in [0.1, 0.15) is 11.3 Å². The zero-order valence-electron chi connectivity index (χ0n) is 9.68. The van der Waals surface area contributed by atoms with Gasteiger partial charge in [0.15, 0.2) is 0 Å². The molecular formula is C14H14O3. The Hall–Kier alpha value is -2.03. The Kier molecular flexibility index (Phi) is 3.28. The predicted octanol–water partition coefficient (Wildman–Crippen LogP) is 2.99. The fourth-order valence-electron chi connectivity index (χ4n) is 1.49. The van der Waals surface area contributed by atoms with Crippen molar-refractivity contribution in [2.24, 2.45) is 5.92 Å². The van der Waals surface area contributed by atoms with Gasteiger partial charge in [0.05, 0.1) is 18.1 Å². The average Bonchev–Trinajstić information content (AvgIpc) is 2.35. The van der Waals surface area contributed by atoms with Gasteiger partial charge in [0.25, 0.3) is 0 Å². The molecule has 0 aliphatic heterocycles. The van der Waals surface area contributed by atoms with E-state index in [4.69, 9.17) is 9.15 Å². The summed E-state index contributed by atoms with van der Waals surface area (Å²) in [6.45, 7) is 6.19. The topological polar surface area (TPSA) is 39.4 Å². The zero-order valence-corrected chi connectivity index (χ0v) is 9.68. The maximum Gasteiger partial charge on any atom is 0.339 e. The molecule has 1 unspecified atom stereocenters. The van der Waals surface area contributed by atoms with Gasteiger partial charge in [-0.25, -0.2) is 4.79 Å². The number of para-hydroxylation sites is 1. The number of rotatable bonds is 4. The zero-order chi connectivity index (χ0) is 12.3. The van der Waals surface area contributed by atoms with Crippen LogP contribution in [0.5, 0.6) is 5.75 Å². The standard InChI is InChI=1S/C14H14O3/c1-3-10(2)9-16-13-8-14(15)17-12-7-5-4-6-11(12)13/h3-8,10H,1,9H2,2H3. The van der Waals surface area contributed by atoms with E-state index in [1.165, 1.54) is 6.07 Å². The highest BCUT2D eigenvalue weighted by atomic mass is 16.5. The van der Waals surface area contributed by atoms with E-state index in [-0.39, 0.29) is 5.92 Å². The number of hydrogen-bond donors (Lipinski definition) is 0. The van der Waals surface area contributed by atoms with Gasteiger partial charge < -0.3 is 9.15 Å². The summed E-state index contributed by atoms with van der Waals surface area (Å²) in [7, 11) is 0. The third-order valence-electron chi connectivity index (χ3n) is 2.52. The first kappa shape index (κ1) is 11.5. The molecule has 0 aliphatic rings. The summed E-state index contributed by atoms with van der Waals surface area (Å²) in [5.74, 6) is 0.798. The molecule has 0 fully saturated rings. The Balaban J connectivity index is 2.38. The van der Waals surface area contributed by atoms with Crippen molar-refractivity contribution in [3.05, 3.63) is 53.4 Å². The van der Waals surface area contributed by atoms with Crippen LogP contribution in [0, 0.1) is 5.92 Å². The number of benzene rings is 1. The van der Waals surface area contributed by atoms with Crippen LogP contribution in [0.15, 0.2) is 52.2 Å². The highest BCUT2D eigenvalue weighted by Gasteiger charge is 2.06. The Labute approximate surface area is 99.3 Å². The third kappa shape index (κ3) is 2.56. The minimum atomic E-state index is -0.398. The van der Waals surface area contributed by atoms with E-state index in [1.807, 2.05) is 31.2 Å². The molecule has 0 N–H and O–H groups in total. The Bertz CT molecular complexity index is 583. The molecule has 0 saturated heterocycles. The minimum Gasteiger partial charge on any atom is -0.492 e. The van der Waals surface area contributed by atoms with Crippen LogP contribution in [0.4, 0.5) is 0 Å². The van der Waals surface area contributed by atoms with Crippen molar-refractivity contribution < 1.29 is 9.15 Å². The van der Waals surface area contributed by atoms with Gasteiger partial charge in [-0.05, 0) is 12.1 Å². The van der Waals surface area contributed by atoms with E-state index in [0.29, 0.717) is 17.9 Å². The monoisotopic (exact) mass is 230 g/mol. The molecule has 1 atom stereocenters. The summed E-state index contributed by atoms with van der Waals surface area (Å²) in [5, 5.41) is 0.809. The van der Waals surface area contributed by atoms with Crippen LogP contribution in [0.1, 0.15) is 6.92 Å². The van der Waals surface area contributed by atoms with Crippen LogP contribution in [0.3, 0.4) is 0 Å². The van der Waals surface area contributed by atoms with E-state index < -0.39 is 5.63 Å². The molecule has 0 radical (unpaired) electrons. The molecule has 0 bridgehead atoms. The number of hydrogen-bond acceptors (Lipinski definition) is 3. The highest BCUT2D eigenvalue weighted by Crippen LogP contribution is 2.23. The van der Waals surface area contributed by atoms with E-state index >= 15 is 0 Å². The van der Waals surface area contributed by atoms with E-state index in [1.54, 1.807) is 6.07 Å². The molecule has 0 aliphatic carbocycles. The molecule has 0 amide bonds. The molecule has 3 nitrogen and oxygen atoms in total. The maximum atomic E-state index is 11.4. The minimum absolute atomic E-state index is 0.237. The van der Waals surface area contributed by atoms with Crippen molar-refractivity contribution in [3.63, 3.8) is 0 Å². The molecule has 88 valence electrons. The lowest BCUT2D eigenvalue weighted by Gasteiger charge is -2.10. The first-order valence-corrected chi connectivity index (χ1v) is 5.49. The lowest BCUT2D eigenvalue weighted by molar-refractivity contribution is 0.286. The van der Waals surface area contributed by atoms with E-state index in [2.05, 4.69) is 6.58 Å². The summed E-state index contributed by atoms with van der Waals surface area (Å²) in [4.78, 5) is 11.4. The van der Waals surface area contributed by atoms with Crippen molar-refractivity contribution in [3.8, 4) is 5.75 Å². The molecule has 0 saturated carbocycles. The predicted molar refractivity (Wildman–Crippen MR) is 67.3 cm³/mol. The van der Waals surface area contributed by atoms with Crippen molar-refractivity contribution >= 4 is 11.0 Å². The normalized spacial score (nSPS) is 12.3. The van der Waals surface area contributed by atoms with Gasteiger partial charge in [-0.1, -0.05) is 25.1 Å². The Morgan fingerprint density at radius 1 is 1.47 bits per heavy atom. The largest absolute Gasteiger partial charge is 0.492 e. The quantitative estimate of drug-likeness (QED) is 0.598. The smallest absolute Gasteiger partial charge is 0.339 e. The van der Waals surface area contributed by atoms with Crippen molar-refractivity contribution in [1.29, 1.82) is 0 Å². The third-order valence-corrected chi connectivity index (χ3v) is 2.52. The van der Waals surface area contributed by atoms with E-state index in [0.717, 1.165) is 5.39 Å². The summed E-state index contributed by atoms with van der Waals surface area (Å²) < 4.78 is 10.7. The SMILES string of the molecule is C=CC(C)COc1cc(=O)oc2ccccc12. The van der Waals surface area contributed by atoms with Crippen LogP contribution in [0.25, 0.3) is 11.0 Å². The fraction of sp³-hybridized carbons (Fsp3) is 0.214. The summed E-state index contributed by atoms with van der Waals surface area (Å²) >= 11 is 0. The second-order valence-electron chi connectivity index (χ2n) is 3.95. The Morgan fingerprint density at radius 3 is 3.00 bits per heavy atom. The van der Waals surface area contributed by atoms with Crippen LogP contribution in [-0.4, -0.2) is 6.61 Å². The lowest BCUT2D eigenvalue weighted by atomic mass is 10.2. The lowest BCUT2D eigenvalue weighted by Crippen LogP contribution is -2.08. The fourth-order valence-corrected chi connectivity index (χ4v) is 1.49. The first-order chi connectivity index (χ1) is 8.20. The van der Waals surface area contributed by atoms with E-state index in [9.17, 15) is 4.79 Å². The van der Waals surface area contributed by atoms with Gasteiger partial charge in [-0.15, -0.1) is 6.58 Å². The second kappa shape index (κ2) is 4.87. The summed E-state index contributed by atoms with van der Waals surface area (Å²) in [5.41, 5.74) is 0.145. The van der Waals surface area contributed by atoms with Gasteiger partial charge in [0.2, 0.25) is 0 Å². The molecule has 2 aromatic rings. The molecular weight excluding hydrogens is 216 g/mol. The van der Waals surface area contributed by atoms with Crippen LogP contribution in [0.2, 0.25) is 0 Å². The van der Waals surface area contributed by atoms with Gasteiger partial charge in [0, 0.05) is 5.92 Å². The van der Waals surface area contributed by atoms with Crippen molar-refractivity contribution in [2.45, 2.75) is 6.92 Å². The van der Waals surface area contributed by atoms with Crippen molar-refractivity contribution in [2.75, 3.05) is 6.61 Å². The summed E-state index contributed by atoms with van der Waals surface area (Å²) in [6, 6.07) is 8.69. The first-order valence-electron chi connectivity index (χ1n) is 5.49.